The number of ether oxygens (including phenoxy) is 1. The summed E-state index contributed by atoms with van der Waals surface area (Å²) in [5, 5.41) is 23.8. The number of hydrogen-bond acceptors (Lipinski definition) is 5. The van der Waals surface area contributed by atoms with E-state index in [0.29, 0.717) is 17.6 Å². The van der Waals surface area contributed by atoms with Crippen LogP contribution in [0.3, 0.4) is 0 Å². The second-order valence-corrected chi connectivity index (χ2v) is 11.0. The summed E-state index contributed by atoms with van der Waals surface area (Å²) in [6, 6.07) is 0. The topological polar surface area (TPSA) is 83.8 Å². The van der Waals surface area contributed by atoms with Crippen molar-refractivity contribution < 1.29 is 24.5 Å². The van der Waals surface area contributed by atoms with E-state index in [1.807, 2.05) is 13.0 Å². The van der Waals surface area contributed by atoms with E-state index in [2.05, 4.69) is 13.8 Å². The normalized spacial score (nSPS) is 45.6. The molecule has 4 rings (SSSR count). The fourth-order valence-electron chi connectivity index (χ4n) is 6.94. The van der Waals surface area contributed by atoms with Crippen molar-refractivity contribution in [2.45, 2.75) is 71.2 Å². The maximum Gasteiger partial charge on any atom is 0.333 e. The van der Waals surface area contributed by atoms with E-state index in [4.69, 9.17) is 16.3 Å². The zero-order valence-corrected chi connectivity index (χ0v) is 19.9. The summed E-state index contributed by atoms with van der Waals surface area (Å²) < 4.78 is 6.15. The smallest absolute Gasteiger partial charge is 0.333 e. The summed E-state index contributed by atoms with van der Waals surface area (Å²) in [5.74, 6) is -2.09. The molecule has 0 saturated heterocycles. The van der Waals surface area contributed by atoms with Gasteiger partial charge in [-0.05, 0) is 38.7 Å². The second-order valence-electron chi connectivity index (χ2n) is 10.7. The van der Waals surface area contributed by atoms with Gasteiger partial charge in [-0.1, -0.05) is 44.6 Å². The molecule has 0 spiro atoms. The summed E-state index contributed by atoms with van der Waals surface area (Å²) in [7, 11) is 0. The second kappa shape index (κ2) is 6.79. The Kier molecular flexibility index (Phi) is 4.98. The fourth-order valence-corrected chi connectivity index (χ4v) is 7.13. The zero-order chi connectivity index (χ0) is 23.1. The number of esters is 1. The van der Waals surface area contributed by atoms with Crippen molar-refractivity contribution in [2.75, 3.05) is 5.88 Å². The summed E-state index contributed by atoms with van der Waals surface area (Å²) in [4.78, 5) is 25.7. The molecule has 0 aromatic heterocycles. The molecule has 6 heteroatoms. The summed E-state index contributed by atoms with van der Waals surface area (Å²) in [5.41, 5.74) is -2.34. The molecule has 2 N–H and O–H groups in total. The third kappa shape index (κ3) is 2.69. The molecule has 0 heterocycles. The van der Waals surface area contributed by atoms with Crippen LogP contribution in [0.4, 0.5) is 0 Å². The molecular formula is C25H33ClO5. The molecule has 0 bridgehead atoms. The van der Waals surface area contributed by atoms with Crippen LogP contribution in [0.15, 0.2) is 34.9 Å². The number of Topliss-reactive ketones (excluding diaryl/α,β-unsaturated/α-hetero) is 1. The van der Waals surface area contributed by atoms with Gasteiger partial charge in [0.15, 0.2) is 5.78 Å². The molecule has 0 aromatic carbocycles. The first-order valence-electron chi connectivity index (χ1n) is 11.1. The summed E-state index contributed by atoms with van der Waals surface area (Å²) >= 11 is 6.23. The van der Waals surface area contributed by atoms with Crippen molar-refractivity contribution in [3.05, 3.63) is 34.9 Å². The van der Waals surface area contributed by atoms with E-state index >= 15 is 0 Å². The van der Waals surface area contributed by atoms with E-state index in [1.165, 1.54) is 0 Å². The van der Waals surface area contributed by atoms with Gasteiger partial charge in [-0.2, -0.15) is 0 Å². The molecule has 2 saturated carbocycles. The molecule has 0 amide bonds. The van der Waals surface area contributed by atoms with Gasteiger partial charge in [0.2, 0.25) is 0 Å². The van der Waals surface area contributed by atoms with Crippen molar-refractivity contribution in [1.29, 1.82) is 0 Å². The van der Waals surface area contributed by atoms with E-state index in [0.717, 1.165) is 5.57 Å². The van der Waals surface area contributed by atoms with E-state index in [9.17, 15) is 19.8 Å². The van der Waals surface area contributed by atoms with Crippen molar-refractivity contribution in [3.8, 4) is 0 Å². The minimum absolute atomic E-state index is 0.108. The number of carbonyl (C=O) groups is 2. The maximum atomic E-state index is 13.0. The third-order valence-corrected chi connectivity index (χ3v) is 9.22. The molecule has 4 aliphatic carbocycles. The predicted octanol–water partition coefficient (Wildman–Crippen LogP) is 3.72. The molecule has 0 aromatic rings. The van der Waals surface area contributed by atoms with Gasteiger partial charge < -0.3 is 14.9 Å². The molecule has 170 valence electrons. The number of halogens is 1. The van der Waals surface area contributed by atoms with Crippen molar-refractivity contribution in [3.63, 3.8) is 0 Å². The monoisotopic (exact) mass is 448 g/mol. The molecule has 0 unspecified atom stereocenters. The Bertz CT molecular complexity index is 946. The Labute approximate surface area is 189 Å². The van der Waals surface area contributed by atoms with Crippen LogP contribution in [-0.4, -0.2) is 44.6 Å². The number of fused-ring (bicyclic) bond motifs is 5. The van der Waals surface area contributed by atoms with Gasteiger partial charge in [0.25, 0.3) is 0 Å². The first-order chi connectivity index (χ1) is 14.3. The molecular weight excluding hydrogens is 416 g/mol. The van der Waals surface area contributed by atoms with Crippen LogP contribution in [0.2, 0.25) is 0 Å². The van der Waals surface area contributed by atoms with Gasteiger partial charge in [0.05, 0.1) is 5.60 Å². The predicted molar refractivity (Wildman–Crippen MR) is 118 cm³/mol. The highest BCUT2D eigenvalue weighted by Crippen LogP contribution is 2.76. The summed E-state index contributed by atoms with van der Waals surface area (Å²) in [6.45, 7) is 11.3. The Balaban J connectivity index is 1.85. The number of aliphatic hydroxyl groups is 2. The van der Waals surface area contributed by atoms with Gasteiger partial charge in [0, 0.05) is 41.0 Å². The first-order valence-corrected chi connectivity index (χ1v) is 11.6. The van der Waals surface area contributed by atoms with Gasteiger partial charge in [-0.25, -0.2) is 4.79 Å². The number of alkyl halides is 1. The highest BCUT2D eigenvalue weighted by molar-refractivity contribution is 6.19. The lowest BCUT2D eigenvalue weighted by atomic mass is 9.60. The van der Waals surface area contributed by atoms with Crippen LogP contribution >= 0.6 is 11.6 Å². The molecule has 4 aliphatic rings. The van der Waals surface area contributed by atoms with Crippen LogP contribution in [0.1, 0.15) is 54.4 Å². The average Bonchev–Trinajstić information content (AvgIpc) is 3.11. The van der Waals surface area contributed by atoms with Crippen LogP contribution < -0.4 is 0 Å². The average molecular weight is 449 g/mol. The minimum atomic E-state index is -1.69. The zero-order valence-electron chi connectivity index (χ0n) is 19.2. The van der Waals surface area contributed by atoms with Crippen LogP contribution in [0, 0.1) is 29.1 Å². The van der Waals surface area contributed by atoms with Crippen molar-refractivity contribution in [1.82, 2.24) is 0 Å². The Morgan fingerprint density at radius 2 is 1.97 bits per heavy atom. The molecule has 7 atom stereocenters. The minimum Gasteiger partial charge on any atom is -0.455 e. The lowest BCUT2D eigenvalue weighted by molar-refractivity contribution is -0.185. The molecule has 5 nitrogen and oxygen atoms in total. The van der Waals surface area contributed by atoms with Crippen molar-refractivity contribution >= 4 is 23.4 Å². The highest BCUT2D eigenvalue weighted by atomic mass is 35.5. The van der Waals surface area contributed by atoms with E-state index in [1.54, 1.807) is 32.9 Å². The number of ketones is 1. The van der Waals surface area contributed by atoms with Crippen LogP contribution in [-0.2, 0) is 14.3 Å². The largest absolute Gasteiger partial charge is 0.455 e. The number of carbonyl (C=O) groups excluding carboxylic acids is 2. The number of rotatable bonds is 3. The number of allylic oxidation sites excluding steroid dienone is 1. The molecule has 0 radical (unpaired) electrons. The molecule has 2 fully saturated rings. The van der Waals surface area contributed by atoms with Crippen LogP contribution in [0.25, 0.3) is 0 Å². The fraction of sp³-hybridized carbons (Fsp3) is 0.680. The number of hydrogen-bond donors (Lipinski definition) is 2. The SMILES string of the molecule is C/C=C(\C)C(=O)O[C@@]12C[C@@H](C)[C@@]3(O)[C@@H](C=C(CCl)C[C@]4(O)C(=O)C(C)=C[C@@H]34)[C@@H]1C2(C)C. The molecule has 0 aliphatic heterocycles. The van der Waals surface area contributed by atoms with Crippen LogP contribution in [0.5, 0.6) is 0 Å². The standard InChI is InChI=1S/C25H33ClO5/c1-7-13(2)21(28)31-24-10-15(4)25(30)17(19(24)22(24,5)6)9-16(12-26)11-23(29)18(25)8-14(3)20(23)27/h7-9,15,17-19,29-30H,10-12H2,1-6H3/b13-7+/t15-,17+,18-,19-,23-,24+,25-/m1/s1. The Morgan fingerprint density at radius 1 is 1.32 bits per heavy atom. The quantitative estimate of drug-likeness (QED) is 0.297. The van der Waals surface area contributed by atoms with E-state index < -0.39 is 28.6 Å². The summed E-state index contributed by atoms with van der Waals surface area (Å²) in [6.07, 6.45) is 6.02. The highest BCUT2D eigenvalue weighted by Gasteiger charge is 2.83. The third-order valence-electron chi connectivity index (χ3n) is 8.87. The van der Waals surface area contributed by atoms with Crippen molar-refractivity contribution in [2.24, 2.45) is 29.1 Å². The van der Waals surface area contributed by atoms with E-state index in [-0.39, 0.29) is 41.3 Å². The van der Waals surface area contributed by atoms with Gasteiger partial charge in [0.1, 0.15) is 11.2 Å². The van der Waals surface area contributed by atoms with Gasteiger partial charge in [-0.3, -0.25) is 4.79 Å². The van der Waals surface area contributed by atoms with Gasteiger partial charge >= 0.3 is 5.97 Å². The maximum absolute atomic E-state index is 13.0. The lowest BCUT2D eigenvalue weighted by Crippen LogP contribution is -2.61. The Hall–Kier alpha value is -1.43. The first kappa shape index (κ1) is 22.8. The lowest BCUT2D eigenvalue weighted by Gasteiger charge is -2.50. The Morgan fingerprint density at radius 3 is 2.55 bits per heavy atom. The van der Waals surface area contributed by atoms with Gasteiger partial charge in [-0.15, -0.1) is 11.6 Å². The molecule has 31 heavy (non-hydrogen) atoms.